The number of aryl methyl sites for hydroxylation is 1. The smallest absolute Gasteiger partial charge is 0.348 e. The van der Waals surface area contributed by atoms with Crippen molar-refractivity contribution in [3.05, 3.63) is 16.3 Å². The van der Waals surface area contributed by atoms with E-state index in [-0.39, 0.29) is 5.97 Å². The lowest BCUT2D eigenvalue weighted by molar-refractivity contribution is 0.0531. The third kappa shape index (κ3) is 3.69. The van der Waals surface area contributed by atoms with Gasteiger partial charge < -0.3 is 10.5 Å². The Morgan fingerprint density at radius 1 is 1.42 bits per heavy atom. The Bertz CT molecular complexity index is 831. The first-order chi connectivity index (χ1) is 12.2. The van der Waals surface area contributed by atoms with Crippen molar-refractivity contribution in [2.24, 2.45) is 5.41 Å². The standard InChI is InChI=1S/C19H28N4O2S/c1-6-25-18(24)15-11(2)14-16(20)21-13(22-17(14)26-15)10-23(5)12-7-8-19(3,4)9-12/h12H,6-10H2,1-5H3,(H2,20,21,22). The zero-order valence-electron chi connectivity index (χ0n) is 16.3. The van der Waals surface area contributed by atoms with Gasteiger partial charge in [0.2, 0.25) is 0 Å². The highest BCUT2D eigenvalue weighted by molar-refractivity contribution is 7.20. The number of hydrogen-bond donors (Lipinski definition) is 1. The number of nitrogens with zero attached hydrogens (tertiary/aromatic N) is 3. The van der Waals surface area contributed by atoms with E-state index in [0.29, 0.717) is 41.1 Å². The van der Waals surface area contributed by atoms with Crippen molar-refractivity contribution in [2.75, 3.05) is 19.4 Å². The fourth-order valence-electron chi connectivity index (χ4n) is 3.81. The molecule has 7 heteroatoms. The van der Waals surface area contributed by atoms with Gasteiger partial charge in [-0.3, -0.25) is 4.90 Å². The second-order valence-corrected chi connectivity index (χ2v) is 8.96. The predicted octanol–water partition coefficient (Wildman–Crippen LogP) is 3.77. The van der Waals surface area contributed by atoms with Crippen LogP contribution in [0, 0.1) is 12.3 Å². The highest BCUT2D eigenvalue weighted by atomic mass is 32.1. The summed E-state index contributed by atoms with van der Waals surface area (Å²) < 4.78 is 5.13. The lowest BCUT2D eigenvalue weighted by Gasteiger charge is -2.25. The van der Waals surface area contributed by atoms with Gasteiger partial charge in [-0.1, -0.05) is 13.8 Å². The molecule has 0 bridgehead atoms. The van der Waals surface area contributed by atoms with Gasteiger partial charge in [-0.2, -0.15) is 0 Å². The van der Waals surface area contributed by atoms with E-state index in [2.05, 4.69) is 35.8 Å². The molecule has 26 heavy (non-hydrogen) atoms. The number of fused-ring (bicyclic) bond motifs is 1. The minimum Gasteiger partial charge on any atom is -0.462 e. The molecule has 1 fully saturated rings. The van der Waals surface area contributed by atoms with Gasteiger partial charge in [-0.15, -0.1) is 11.3 Å². The van der Waals surface area contributed by atoms with Crippen LogP contribution < -0.4 is 5.73 Å². The number of carbonyl (C=O) groups excluding carboxylic acids is 1. The van der Waals surface area contributed by atoms with Crippen LogP contribution in [0.4, 0.5) is 5.82 Å². The Labute approximate surface area is 158 Å². The van der Waals surface area contributed by atoms with Crippen LogP contribution >= 0.6 is 11.3 Å². The van der Waals surface area contributed by atoms with E-state index in [9.17, 15) is 4.79 Å². The van der Waals surface area contributed by atoms with Crippen LogP contribution in [0.5, 0.6) is 0 Å². The first-order valence-electron chi connectivity index (χ1n) is 9.14. The number of rotatable bonds is 5. The Morgan fingerprint density at radius 2 is 2.15 bits per heavy atom. The summed E-state index contributed by atoms with van der Waals surface area (Å²) in [5, 5.41) is 0.770. The van der Waals surface area contributed by atoms with Gasteiger partial charge in [0.05, 0.1) is 18.5 Å². The van der Waals surface area contributed by atoms with Gasteiger partial charge in [0.1, 0.15) is 21.3 Å². The van der Waals surface area contributed by atoms with Gasteiger partial charge in [0.25, 0.3) is 0 Å². The number of carbonyl (C=O) groups is 1. The van der Waals surface area contributed by atoms with Crippen LogP contribution in [0.25, 0.3) is 10.2 Å². The third-order valence-corrected chi connectivity index (χ3v) is 6.45. The molecule has 2 heterocycles. The van der Waals surface area contributed by atoms with Crippen molar-refractivity contribution >= 4 is 33.3 Å². The summed E-state index contributed by atoms with van der Waals surface area (Å²) in [7, 11) is 2.12. The van der Waals surface area contributed by atoms with Gasteiger partial charge >= 0.3 is 5.97 Å². The van der Waals surface area contributed by atoms with Crippen molar-refractivity contribution in [2.45, 2.75) is 59.5 Å². The zero-order valence-corrected chi connectivity index (χ0v) is 17.1. The molecule has 1 unspecified atom stereocenters. The van der Waals surface area contributed by atoms with E-state index in [4.69, 9.17) is 10.5 Å². The minimum absolute atomic E-state index is 0.320. The topological polar surface area (TPSA) is 81.3 Å². The van der Waals surface area contributed by atoms with E-state index < -0.39 is 0 Å². The van der Waals surface area contributed by atoms with Crippen LogP contribution in [0.1, 0.15) is 61.1 Å². The number of thiophene rings is 1. The molecule has 0 aliphatic heterocycles. The van der Waals surface area contributed by atoms with Crippen LogP contribution in [0.2, 0.25) is 0 Å². The summed E-state index contributed by atoms with van der Waals surface area (Å²) >= 11 is 1.34. The predicted molar refractivity (Wildman–Crippen MR) is 105 cm³/mol. The summed E-state index contributed by atoms with van der Waals surface area (Å²) in [6.45, 7) is 9.33. The first-order valence-corrected chi connectivity index (χ1v) is 9.96. The molecule has 0 spiro atoms. The molecule has 1 atom stereocenters. The van der Waals surface area contributed by atoms with Crippen LogP contribution in [0.3, 0.4) is 0 Å². The second-order valence-electron chi connectivity index (χ2n) is 7.96. The summed E-state index contributed by atoms with van der Waals surface area (Å²) in [5.41, 5.74) is 7.41. The molecule has 1 aliphatic rings. The Hall–Kier alpha value is -1.73. The van der Waals surface area contributed by atoms with E-state index >= 15 is 0 Å². The van der Waals surface area contributed by atoms with E-state index in [0.717, 1.165) is 15.8 Å². The maximum Gasteiger partial charge on any atom is 0.348 e. The number of nitrogens with two attached hydrogens (primary N) is 1. The van der Waals surface area contributed by atoms with Crippen molar-refractivity contribution in [1.82, 2.24) is 14.9 Å². The molecule has 0 amide bonds. The maximum atomic E-state index is 12.1. The van der Waals surface area contributed by atoms with Gasteiger partial charge in [0, 0.05) is 6.04 Å². The van der Waals surface area contributed by atoms with E-state index in [1.807, 2.05) is 6.92 Å². The summed E-state index contributed by atoms with van der Waals surface area (Å²) in [4.78, 5) is 25.0. The summed E-state index contributed by atoms with van der Waals surface area (Å²) in [5.74, 6) is 0.826. The van der Waals surface area contributed by atoms with Gasteiger partial charge in [-0.25, -0.2) is 14.8 Å². The highest BCUT2D eigenvalue weighted by Gasteiger charge is 2.33. The van der Waals surface area contributed by atoms with Crippen LogP contribution in [-0.4, -0.2) is 40.5 Å². The number of aromatic nitrogens is 2. The molecule has 2 N–H and O–H groups in total. The Balaban J connectivity index is 1.85. The quantitative estimate of drug-likeness (QED) is 0.800. The number of anilines is 1. The first kappa shape index (κ1) is 19.0. The van der Waals surface area contributed by atoms with E-state index in [1.165, 1.54) is 30.6 Å². The van der Waals surface area contributed by atoms with Crippen molar-refractivity contribution in [3.63, 3.8) is 0 Å². The van der Waals surface area contributed by atoms with E-state index in [1.54, 1.807) is 6.92 Å². The SMILES string of the molecule is CCOC(=O)c1sc2nc(CN(C)C3CCC(C)(C)C3)nc(N)c2c1C. The molecule has 2 aromatic heterocycles. The van der Waals surface area contributed by atoms with Crippen molar-refractivity contribution in [1.29, 1.82) is 0 Å². The molecule has 2 aromatic rings. The average molecular weight is 377 g/mol. The molecule has 0 aromatic carbocycles. The largest absolute Gasteiger partial charge is 0.462 e. The monoisotopic (exact) mass is 376 g/mol. The molecule has 1 aliphatic carbocycles. The number of ether oxygens (including phenoxy) is 1. The van der Waals surface area contributed by atoms with Crippen LogP contribution in [-0.2, 0) is 11.3 Å². The third-order valence-electron chi connectivity index (χ3n) is 5.28. The molecule has 3 rings (SSSR count). The summed E-state index contributed by atoms with van der Waals surface area (Å²) in [6.07, 6.45) is 3.63. The lowest BCUT2D eigenvalue weighted by Crippen LogP contribution is -2.30. The maximum absolute atomic E-state index is 12.1. The fourth-order valence-corrected chi connectivity index (χ4v) is 4.91. The minimum atomic E-state index is -0.320. The number of hydrogen-bond acceptors (Lipinski definition) is 7. The van der Waals surface area contributed by atoms with Crippen molar-refractivity contribution < 1.29 is 9.53 Å². The number of nitrogen functional groups attached to an aromatic ring is 1. The Morgan fingerprint density at radius 3 is 2.77 bits per heavy atom. The second kappa shape index (κ2) is 7.12. The Kier molecular flexibility index (Phi) is 5.21. The average Bonchev–Trinajstić information content (AvgIpc) is 3.08. The molecule has 0 radical (unpaired) electrons. The lowest BCUT2D eigenvalue weighted by atomic mass is 9.91. The molecular formula is C19H28N4O2S. The van der Waals surface area contributed by atoms with Crippen LogP contribution in [0.15, 0.2) is 0 Å². The molecule has 6 nitrogen and oxygen atoms in total. The number of esters is 1. The molecular weight excluding hydrogens is 348 g/mol. The van der Waals surface area contributed by atoms with Gasteiger partial charge in [0.15, 0.2) is 0 Å². The normalized spacial score (nSPS) is 19.4. The summed E-state index contributed by atoms with van der Waals surface area (Å²) in [6, 6.07) is 0.547. The molecule has 0 saturated heterocycles. The molecule has 142 valence electrons. The zero-order chi connectivity index (χ0) is 19.1. The van der Waals surface area contributed by atoms with Crippen molar-refractivity contribution in [3.8, 4) is 0 Å². The highest BCUT2D eigenvalue weighted by Crippen LogP contribution is 2.39. The molecule has 1 saturated carbocycles. The van der Waals surface area contributed by atoms with Gasteiger partial charge in [-0.05, 0) is 51.1 Å². The fraction of sp³-hybridized carbons (Fsp3) is 0.632.